The minimum Gasteiger partial charge on any atom is -0.397 e. The molecule has 0 aliphatic carbocycles. The van der Waals surface area contributed by atoms with Gasteiger partial charge in [0.05, 0.1) is 30.4 Å². The third-order valence-corrected chi connectivity index (χ3v) is 8.45. The van der Waals surface area contributed by atoms with E-state index in [1.54, 1.807) is 18.1 Å². The average molecular weight is 570 g/mol. The van der Waals surface area contributed by atoms with Gasteiger partial charge in [0.25, 0.3) is 0 Å². The maximum atomic E-state index is 12.5. The number of nitrogens with one attached hydrogen (secondary N) is 1. The van der Waals surface area contributed by atoms with E-state index in [1.807, 2.05) is 36.6 Å². The van der Waals surface area contributed by atoms with Crippen LogP contribution in [0, 0.1) is 0 Å². The second-order valence-corrected chi connectivity index (χ2v) is 13.1. The summed E-state index contributed by atoms with van der Waals surface area (Å²) in [6.45, 7) is 10.5. The molecule has 12 heteroatoms. The number of nitrogen functional groups attached to an aromatic ring is 2. The Balaban J connectivity index is 1.11. The highest BCUT2D eigenvalue weighted by Crippen LogP contribution is 2.48. The maximum absolute atomic E-state index is 12.5. The second-order valence-electron chi connectivity index (χ2n) is 11.9. The van der Waals surface area contributed by atoms with Gasteiger partial charge in [-0.15, -0.1) is 0 Å². The molecule has 4 heterocycles. The molecule has 1 amide bonds. The summed E-state index contributed by atoms with van der Waals surface area (Å²) in [6, 6.07) is 5.83. The van der Waals surface area contributed by atoms with Crippen molar-refractivity contribution in [1.82, 2.24) is 19.5 Å². The van der Waals surface area contributed by atoms with E-state index in [0.717, 1.165) is 29.9 Å². The van der Waals surface area contributed by atoms with Crippen LogP contribution in [-0.2, 0) is 30.1 Å². The van der Waals surface area contributed by atoms with Gasteiger partial charge >= 0.3 is 0 Å². The van der Waals surface area contributed by atoms with Crippen molar-refractivity contribution in [2.24, 2.45) is 0 Å². The molecule has 0 saturated carbocycles. The third-order valence-electron chi connectivity index (χ3n) is 7.31. The number of hydrogen-bond acceptors (Lipinski definition) is 10. The van der Waals surface area contributed by atoms with Crippen molar-refractivity contribution >= 4 is 46.0 Å². The molecule has 5 N–H and O–H groups in total. The van der Waals surface area contributed by atoms with E-state index in [0.29, 0.717) is 41.4 Å². The van der Waals surface area contributed by atoms with Crippen molar-refractivity contribution in [1.29, 1.82) is 0 Å². The first-order chi connectivity index (χ1) is 18.9. The van der Waals surface area contributed by atoms with Crippen molar-refractivity contribution in [3.05, 3.63) is 36.4 Å². The summed E-state index contributed by atoms with van der Waals surface area (Å²) in [4.78, 5) is 25.4. The summed E-state index contributed by atoms with van der Waals surface area (Å²) in [7, 11) is 0. The molecule has 2 aromatic heterocycles. The van der Waals surface area contributed by atoms with Crippen LogP contribution in [0.3, 0.4) is 0 Å². The van der Waals surface area contributed by atoms with E-state index < -0.39 is 11.5 Å². The van der Waals surface area contributed by atoms with Gasteiger partial charge in [-0.2, -0.15) is 11.8 Å². The molecule has 1 aromatic carbocycles. The van der Waals surface area contributed by atoms with Crippen molar-refractivity contribution in [2.75, 3.05) is 34.9 Å². The Bertz CT molecular complexity index is 1390. The van der Waals surface area contributed by atoms with Crippen molar-refractivity contribution in [2.45, 2.75) is 83.0 Å². The lowest BCUT2D eigenvalue weighted by molar-refractivity contribution is -0.203. The SMILES string of the molecule is CC1(C)OC2C(CSCCCCC(=O)Nc3ccc(C(C)(C)C)cc3N)OCC2(n2cnc3c(N)ncnc32)O1. The molecule has 0 bridgehead atoms. The minimum absolute atomic E-state index is 0.00378. The molecule has 11 nitrogen and oxygen atoms in total. The Morgan fingerprint density at radius 2 is 2.00 bits per heavy atom. The van der Waals surface area contributed by atoms with Crippen LogP contribution in [0.5, 0.6) is 0 Å². The van der Waals surface area contributed by atoms with E-state index in [2.05, 4.69) is 41.0 Å². The fourth-order valence-electron chi connectivity index (χ4n) is 5.26. The number of fused-ring (bicyclic) bond motifs is 2. The number of carbonyl (C=O) groups excluding carboxylic acids is 1. The highest BCUT2D eigenvalue weighted by Gasteiger charge is 2.62. The minimum atomic E-state index is -0.894. The van der Waals surface area contributed by atoms with Gasteiger partial charge in [0.15, 0.2) is 17.3 Å². The molecule has 2 saturated heterocycles. The number of carbonyl (C=O) groups is 1. The Morgan fingerprint density at radius 1 is 1.20 bits per heavy atom. The summed E-state index contributed by atoms with van der Waals surface area (Å²) < 4.78 is 20.9. The summed E-state index contributed by atoms with van der Waals surface area (Å²) in [6.07, 6.45) is 4.70. The number of unbranched alkanes of at least 4 members (excludes halogenated alkanes) is 1. The number of amides is 1. The molecule has 2 aliphatic rings. The molecular formula is C28H39N7O4S. The highest BCUT2D eigenvalue weighted by molar-refractivity contribution is 7.99. The second kappa shape index (κ2) is 10.8. The van der Waals surface area contributed by atoms with Crippen molar-refractivity contribution < 1.29 is 19.0 Å². The van der Waals surface area contributed by atoms with Gasteiger partial charge in [0.2, 0.25) is 11.6 Å². The van der Waals surface area contributed by atoms with Crippen molar-refractivity contribution in [3.8, 4) is 0 Å². The number of anilines is 3. The molecule has 2 aliphatic heterocycles. The number of hydrogen-bond donors (Lipinski definition) is 3. The molecule has 2 fully saturated rings. The number of imidazole rings is 1. The number of thioether (sulfide) groups is 1. The van der Waals surface area contributed by atoms with Crippen LogP contribution in [0.25, 0.3) is 11.2 Å². The van der Waals surface area contributed by atoms with Gasteiger partial charge in [-0.05, 0) is 55.6 Å². The summed E-state index contributed by atoms with van der Waals surface area (Å²) in [5.41, 5.74) is 14.8. The van der Waals surface area contributed by atoms with Crippen LogP contribution in [0.2, 0.25) is 0 Å². The van der Waals surface area contributed by atoms with Crippen LogP contribution in [-0.4, -0.2) is 61.5 Å². The lowest BCUT2D eigenvalue weighted by Crippen LogP contribution is -2.44. The van der Waals surface area contributed by atoms with Gasteiger partial charge in [0, 0.05) is 12.2 Å². The molecule has 216 valence electrons. The Hall–Kier alpha value is -2.93. The zero-order chi connectivity index (χ0) is 28.7. The lowest BCUT2D eigenvalue weighted by atomic mass is 9.86. The molecule has 0 spiro atoms. The van der Waals surface area contributed by atoms with E-state index in [4.69, 9.17) is 25.7 Å². The van der Waals surface area contributed by atoms with E-state index in [-0.39, 0.29) is 23.5 Å². The van der Waals surface area contributed by atoms with Crippen LogP contribution >= 0.6 is 11.8 Å². The molecule has 3 aromatic rings. The van der Waals surface area contributed by atoms with Crippen LogP contribution in [0.4, 0.5) is 17.2 Å². The van der Waals surface area contributed by atoms with Gasteiger partial charge < -0.3 is 31.0 Å². The average Bonchev–Trinajstić information content (AvgIpc) is 3.52. The van der Waals surface area contributed by atoms with Crippen molar-refractivity contribution in [3.63, 3.8) is 0 Å². The largest absolute Gasteiger partial charge is 0.397 e. The standard InChI is InChI=1S/C28H39N7O4S/c1-26(2,3)17-9-10-19(18(29)12-17)34-21(36)8-6-7-11-40-13-20-23-28(14-37-20,39-27(4,5)38-23)35-16-33-22-24(30)31-15-32-25(22)35/h9-10,12,15-16,20,23H,6-8,11,13-14,29H2,1-5H3,(H,34,36)(H2,30,31,32). The summed E-state index contributed by atoms with van der Waals surface area (Å²) in [5.74, 6) is 1.13. The zero-order valence-electron chi connectivity index (χ0n) is 23.8. The number of ether oxygens (including phenoxy) is 3. The Morgan fingerprint density at radius 3 is 2.75 bits per heavy atom. The first-order valence-electron chi connectivity index (χ1n) is 13.6. The van der Waals surface area contributed by atoms with Crippen LogP contribution in [0.15, 0.2) is 30.9 Å². The van der Waals surface area contributed by atoms with E-state index in [9.17, 15) is 4.79 Å². The van der Waals surface area contributed by atoms with E-state index >= 15 is 0 Å². The predicted octanol–water partition coefficient (Wildman–Crippen LogP) is 4.03. The quantitative estimate of drug-likeness (QED) is 0.254. The Labute approximate surface area is 238 Å². The van der Waals surface area contributed by atoms with Crippen LogP contribution in [0.1, 0.15) is 59.4 Å². The number of nitrogens with zero attached hydrogens (tertiary/aromatic N) is 4. The normalized spacial score (nSPS) is 23.9. The summed E-state index contributed by atoms with van der Waals surface area (Å²) in [5, 5.41) is 2.95. The molecule has 3 atom stereocenters. The molecule has 0 radical (unpaired) electrons. The van der Waals surface area contributed by atoms with Crippen LogP contribution < -0.4 is 16.8 Å². The first-order valence-corrected chi connectivity index (χ1v) is 14.8. The number of aromatic nitrogens is 4. The third kappa shape index (κ3) is 5.63. The van der Waals surface area contributed by atoms with Gasteiger partial charge in [0.1, 0.15) is 17.9 Å². The van der Waals surface area contributed by atoms with Gasteiger partial charge in [-0.1, -0.05) is 26.8 Å². The fourth-order valence-corrected chi connectivity index (χ4v) is 6.34. The first kappa shape index (κ1) is 28.6. The smallest absolute Gasteiger partial charge is 0.224 e. The topological polar surface area (TPSA) is 152 Å². The highest BCUT2D eigenvalue weighted by atomic mass is 32.2. The van der Waals surface area contributed by atoms with E-state index in [1.165, 1.54) is 6.33 Å². The monoisotopic (exact) mass is 569 g/mol. The number of benzene rings is 1. The van der Waals surface area contributed by atoms with Gasteiger partial charge in [-0.3, -0.25) is 9.36 Å². The molecular weight excluding hydrogens is 530 g/mol. The Kier molecular flexibility index (Phi) is 7.73. The predicted molar refractivity (Wildman–Crippen MR) is 157 cm³/mol. The zero-order valence-corrected chi connectivity index (χ0v) is 24.6. The maximum Gasteiger partial charge on any atom is 0.224 e. The lowest BCUT2D eigenvalue weighted by Gasteiger charge is -2.28. The number of rotatable bonds is 9. The van der Waals surface area contributed by atoms with Gasteiger partial charge in [-0.25, -0.2) is 15.0 Å². The molecule has 3 unspecified atom stereocenters. The number of nitrogens with two attached hydrogens (primary N) is 2. The molecule has 5 rings (SSSR count). The summed E-state index contributed by atoms with van der Waals surface area (Å²) >= 11 is 1.78. The fraction of sp³-hybridized carbons (Fsp3) is 0.571. The molecule has 40 heavy (non-hydrogen) atoms.